The van der Waals surface area contributed by atoms with Crippen molar-refractivity contribution in [2.75, 3.05) is 0 Å². The van der Waals surface area contributed by atoms with Gasteiger partial charge < -0.3 is 5.11 Å². The fraction of sp³-hybridized carbons (Fsp3) is 0.118. The first-order valence-corrected chi connectivity index (χ1v) is 8.19. The largest absolute Gasteiger partial charge is 0.477 e. The van der Waals surface area contributed by atoms with Crippen molar-refractivity contribution in [3.8, 4) is 20.2 Å². The lowest BCUT2D eigenvalue weighted by atomic mass is 10.0. The summed E-state index contributed by atoms with van der Waals surface area (Å²) in [7, 11) is 0. The van der Waals surface area contributed by atoms with Crippen LogP contribution >= 0.6 is 22.7 Å². The summed E-state index contributed by atoms with van der Waals surface area (Å²) in [6.45, 7) is 4.25. The van der Waals surface area contributed by atoms with Gasteiger partial charge in [-0.3, -0.25) is 0 Å². The Labute approximate surface area is 131 Å². The van der Waals surface area contributed by atoms with Crippen LogP contribution in [-0.4, -0.2) is 11.1 Å². The summed E-state index contributed by atoms with van der Waals surface area (Å²) >= 11 is 3.03. The highest BCUT2D eigenvalue weighted by atomic mass is 32.1. The first-order valence-electron chi connectivity index (χ1n) is 6.56. The third kappa shape index (κ3) is 2.64. The molecule has 2 aromatic heterocycles. The molecule has 0 unspecified atom stereocenters. The zero-order valence-electron chi connectivity index (χ0n) is 11.7. The zero-order valence-corrected chi connectivity index (χ0v) is 13.3. The molecule has 0 aliphatic heterocycles. The van der Waals surface area contributed by atoms with Crippen molar-refractivity contribution in [3.63, 3.8) is 0 Å². The van der Waals surface area contributed by atoms with Crippen LogP contribution in [0.4, 0.5) is 0 Å². The number of rotatable bonds is 3. The van der Waals surface area contributed by atoms with Gasteiger partial charge >= 0.3 is 5.97 Å². The van der Waals surface area contributed by atoms with Crippen molar-refractivity contribution in [1.82, 2.24) is 0 Å². The molecule has 0 fully saturated rings. The summed E-state index contributed by atoms with van der Waals surface area (Å²) in [6.07, 6.45) is 0. The predicted octanol–water partition coefficient (Wildman–Crippen LogP) is 5.46. The molecule has 0 atom stereocenters. The molecule has 0 amide bonds. The van der Waals surface area contributed by atoms with Gasteiger partial charge in [0, 0.05) is 14.6 Å². The SMILES string of the molecule is Cc1cccc(-c2ccc(-c3ccc(C(=O)O)s3)s2)c1C. The van der Waals surface area contributed by atoms with Crippen LogP contribution in [0.5, 0.6) is 0 Å². The van der Waals surface area contributed by atoms with Crippen molar-refractivity contribution in [2.24, 2.45) is 0 Å². The Morgan fingerprint density at radius 3 is 2.29 bits per heavy atom. The molecule has 2 nitrogen and oxygen atoms in total. The lowest BCUT2D eigenvalue weighted by molar-refractivity contribution is 0.0702. The maximum Gasteiger partial charge on any atom is 0.345 e. The fourth-order valence-electron chi connectivity index (χ4n) is 2.22. The van der Waals surface area contributed by atoms with E-state index in [1.807, 2.05) is 6.07 Å². The normalized spacial score (nSPS) is 10.8. The fourth-order valence-corrected chi connectivity index (χ4v) is 4.24. The minimum Gasteiger partial charge on any atom is -0.477 e. The van der Waals surface area contributed by atoms with E-state index in [0.29, 0.717) is 4.88 Å². The lowest BCUT2D eigenvalue weighted by Gasteiger charge is -2.05. The van der Waals surface area contributed by atoms with Gasteiger partial charge in [-0.15, -0.1) is 22.7 Å². The van der Waals surface area contributed by atoms with Crippen LogP contribution in [0.25, 0.3) is 20.2 Å². The summed E-state index contributed by atoms with van der Waals surface area (Å²) in [4.78, 5) is 14.7. The van der Waals surface area contributed by atoms with Crippen molar-refractivity contribution in [2.45, 2.75) is 13.8 Å². The van der Waals surface area contributed by atoms with E-state index in [1.165, 1.54) is 32.9 Å². The maximum atomic E-state index is 11.0. The van der Waals surface area contributed by atoms with Crippen LogP contribution in [0.2, 0.25) is 0 Å². The number of carboxylic acid groups (broad SMARTS) is 1. The molecule has 0 aliphatic carbocycles. The van der Waals surface area contributed by atoms with Crippen LogP contribution in [0.3, 0.4) is 0 Å². The van der Waals surface area contributed by atoms with Crippen LogP contribution in [0.15, 0.2) is 42.5 Å². The summed E-state index contributed by atoms with van der Waals surface area (Å²) < 4.78 is 0. The second-order valence-corrected chi connectivity index (χ2v) is 7.05. The Bertz CT molecular complexity index is 812. The maximum absolute atomic E-state index is 11.0. The van der Waals surface area contributed by atoms with Gasteiger partial charge in [-0.1, -0.05) is 18.2 Å². The van der Waals surface area contributed by atoms with Gasteiger partial charge in [0.05, 0.1) is 0 Å². The van der Waals surface area contributed by atoms with Crippen LogP contribution in [-0.2, 0) is 0 Å². The van der Waals surface area contributed by atoms with Gasteiger partial charge in [-0.2, -0.15) is 0 Å². The van der Waals surface area contributed by atoms with Crippen LogP contribution in [0, 0.1) is 13.8 Å². The molecule has 0 radical (unpaired) electrons. The number of hydrogen-bond acceptors (Lipinski definition) is 3. The molecule has 0 spiro atoms. The average Bonchev–Trinajstić information content (AvgIpc) is 3.09. The van der Waals surface area contributed by atoms with Gasteiger partial charge in [0.2, 0.25) is 0 Å². The zero-order chi connectivity index (χ0) is 15.0. The molecule has 21 heavy (non-hydrogen) atoms. The minimum absolute atomic E-state index is 0.381. The summed E-state index contributed by atoms with van der Waals surface area (Å²) in [5, 5.41) is 9.01. The first-order chi connectivity index (χ1) is 10.1. The van der Waals surface area contributed by atoms with Crippen LogP contribution in [0.1, 0.15) is 20.8 Å². The molecule has 1 aromatic carbocycles. The summed E-state index contributed by atoms with van der Waals surface area (Å²) in [5.41, 5.74) is 3.83. The Kier molecular flexibility index (Phi) is 3.66. The minimum atomic E-state index is -0.863. The number of aromatic carboxylic acids is 1. The number of thiophene rings is 2. The number of carbonyl (C=O) groups is 1. The van der Waals surface area contributed by atoms with E-state index in [4.69, 9.17) is 5.11 Å². The smallest absolute Gasteiger partial charge is 0.345 e. The molecular weight excluding hydrogens is 300 g/mol. The van der Waals surface area contributed by atoms with Gasteiger partial charge in [-0.05, 0) is 54.8 Å². The topological polar surface area (TPSA) is 37.3 Å². The summed E-state index contributed by atoms with van der Waals surface area (Å²) in [6, 6.07) is 14.1. The number of aryl methyl sites for hydroxylation is 1. The van der Waals surface area contributed by atoms with E-state index in [1.54, 1.807) is 17.4 Å². The number of hydrogen-bond donors (Lipinski definition) is 1. The average molecular weight is 314 g/mol. The van der Waals surface area contributed by atoms with Crippen molar-refractivity contribution in [1.29, 1.82) is 0 Å². The Hall–Kier alpha value is -1.91. The molecule has 3 aromatic rings. The monoisotopic (exact) mass is 314 g/mol. The van der Waals surface area contributed by atoms with Gasteiger partial charge in [0.1, 0.15) is 4.88 Å². The van der Waals surface area contributed by atoms with E-state index < -0.39 is 5.97 Å². The van der Waals surface area contributed by atoms with Crippen molar-refractivity contribution >= 4 is 28.6 Å². The molecule has 0 saturated carbocycles. The molecule has 0 bridgehead atoms. The standard InChI is InChI=1S/C17H14O2S2/c1-10-4-3-5-12(11(10)2)13-6-7-14(20-13)15-8-9-16(21-15)17(18)19/h3-9H,1-2H3,(H,18,19). The first kappa shape index (κ1) is 14.0. The number of carboxylic acids is 1. The second-order valence-electron chi connectivity index (χ2n) is 4.88. The molecule has 3 rings (SSSR count). The third-order valence-electron chi connectivity index (χ3n) is 3.54. The number of benzene rings is 1. The van der Waals surface area contributed by atoms with E-state index in [2.05, 4.69) is 44.2 Å². The van der Waals surface area contributed by atoms with Gasteiger partial charge in [0.25, 0.3) is 0 Å². The molecule has 0 aliphatic rings. The van der Waals surface area contributed by atoms with E-state index in [0.717, 1.165) is 9.75 Å². The summed E-state index contributed by atoms with van der Waals surface area (Å²) in [5.74, 6) is -0.863. The molecule has 106 valence electrons. The molecule has 0 saturated heterocycles. The lowest BCUT2D eigenvalue weighted by Crippen LogP contribution is -1.89. The predicted molar refractivity (Wildman–Crippen MR) is 89.5 cm³/mol. The third-order valence-corrected chi connectivity index (χ3v) is 5.92. The molecule has 4 heteroatoms. The van der Waals surface area contributed by atoms with Crippen LogP contribution < -0.4 is 0 Å². The van der Waals surface area contributed by atoms with Gasteiger partial charge in [-0.25, -0.2) is 4.79 Å². The van der Waals surface area contributed by atoms with Crippen molar-refractivity contribution < 1.29 is 9.90 Å². The highest BCUT2D eigenvalue weighted by Crippen LogP contribution is 2.39. The highest BCUT2D eigenvalue weighted by Gasteiger charge is 2.12. The van der Waals surface area contributed by atoms with Crippen molar-refractivity contribution in [3.05, 3.63) is 58.5 Å². The Morgan fingerprint density at radius 1 is 0.905 bits per heavy atom. The highest BCUT2D eigenvalue weighted by molar-refractivity contribution is 7.24. The quantitative estimate of drug-likeness (QED) is 0.697. The Balaban J connectivity index is 1.99. The van der Waals surface area contributed by atoms with E-state index >= 15 is 0 Å². The van der Waals surface area contributed by atoms with Gasteiger partial charge in [0.15, 0.2) is 0 Å². The second kappa shape index (κ2) is 5.47. The molecule has 2 heterocycles. The molecular formula is C17H14O2S2. The van der Waals surface area contributed by atoms with E-state index in [9.17, 15) is 4.79 Å². The molecule has 1 N–H and O–H groups in total. The van der Waals surface area contributed by atoms with E-state index in [-0.39, 0.29) is 0 Å². The Morgan fingerprint density at radius 2 is 1.57 bits per heavy atom.